The van der Waals surface area contributed by atoms with E-state index in [1.54, 1.807) is 0 Å². The molecule has 1 rings (SSSR count). The Morgan fingerprint density at radius 1 is 1.57 bits per heavy atom. The average Bonchev–Trinajstić information content (AvgIpc) is 2.18. The first-order chi connectivity index (χ1) is 6.51. The molecule has 0 bridgehead atoms. The van der Waals surface area contributed by atoms with Crippen molar-refractivity contribution in [3.63, 3.8) is 0 Å². The molecule has 2 N–H and O–H groups in total. The molecule has 0 saturated carbocycles. The van der Waals surface area contributed by atoms with Gasteiger partial charge in [0.05, 0.1) is 12.6 Å². The summed E-state index contributed by atoms with van der Waals surface area (Å²) in [6.45, 7) is 4.04. The van der Waals surface area contributed by atoms with Crippen LogP contribution in [0.5, 0.6) is 5.88 Å². The Kier molecular flexibility index (Phi) is 2.90. The zero-order chi connectivity index (χ0) is 10.8. The van der Waals surface area contributed by atoms with Gasteiger partial charge in [-0.25, -0.2) is 4.68 Å². The first-order valence-corrected chi connectivity index (χ1v) is 4.36. The molecular weight excluding hydrogens is 182 g/mol. The number of rotatable bonds is 3. The van der Waals surface area contributed by atoms with Crippen LogP contribution in [-0.4, -0.2) is 23.4 Å². The van der Waals surface area contributed by atoms with E-state index in [1.165, 1.54) is 23.9 Å². The van der Waals surface area contributed by atoms with Crippen molar-refractivity contribution in [3.8, 4) is 5.88 Å². The fraction of sp³-hybridized carbons (Fsp3) is 0.556. The van der Waals surface area contributed by atoms with Crippen molar-refractivity contribution in [1.29, 1.82) is 0 Å². The third-order valence-electron chi connectivity index (χ3n) is 2.06. The molecule has 0 aliphatic carbocycles. The normalized spacial score (nSPS) is 11.4. The zero-order valence-electron chi connectivity index (χ0n) is 8.65. The van der Waals surface area contributed by atoms with E-state index in [0.717, 1.165) is 0 Å². The quantitative estimate of drug-likeness (QED) is 0.737. The molecular formula is C9H15N3O2. The van der Waals surface area contributed by atoms with Crippen LogP contribution in [0.25, 0.3) is 0 Å². The fourth-order valence-electron chi connectivity index (χ4n) is 1.02. The first-order valence-electron chi connectivity index (χ1n) is 4.36. The fourth-order valence-corrected chi connectivity index (χ4v) is 1.02. The van der Waals surface area contributed by atoms with Gasteiger partial charge in [0.1, 0.15) is 0 Å². The van der Waals surface area contributed by atoms with Crippen LogP contribution in [0.15, 0.2) is 16.9 Å². The second kappa shape index (κ2) is 3.79. The summed E-state index contributed by atoms with van der Waals surface area (Å²) in [6, 6.07) is 2.95. The van der Waals surface area contributed by atoms with E-state index in [2.05, 4.69) is 5.10 Å². The Hall–Kier alpha value is -1.36. The van der Waals surface area contributed by atoms with Gasteiger partial charge in [-0.15, -0.1) is 5.10 Å². The molecule has 0 fully saturated rings. The lowest BCUT2D eigenvalue weighted by atomic mass is 10.1. The van der Waals surface area contributed by atoms with Gasteiger partial charge in [-0.2, -0.15) is 0 Å². The van der Waals surface area contributed by atoms with Gasteiger partial charge >= 0.3 is 0 Å². The summed E-state index contributed by atoms with van der Waals surface area (Å²) >= 11 is 0. The molecule has 5 heteroatoms. The van der Waals surface area contributed by atoms with Gasteiger partial charge in [-0.3, -0.25) is 4.79 Å². The van der Waals surface area contributed by atoms with Gasteiger partial charge in [0, 0.05) is 18.7 Å². The van der Waals surface area contributed by atoms with Crippen molar-refractivity contribution in [1.82, 2.24) is 9.78 Å². The Labute approximate surface area is 82.5 Å². The lowest BCUT2D eigenvalue weighted by Crippen LogP contribution is -2.43. The van der Waals surface area contributed by atoms with Crippen molar-refractivity contribution in [2.24, 2.45) is 5.73 Å². The second-order valence-electron chi connectivity index (χ2n) is 3.64. The van der Waals surface area contributed by atoms with Crippen molar-refractivity contribution >= 4 is 0 Å². The maximum atomic E-state index is 11.5. The Balaban J connectivity index is 3.26. The Morgan fingerprint density at radius 2 is 2.21 bits per heavy atom. The van der Waals surface area contributed by atoms with Crippen LogP contribution >= 0.6 is 0 Å². The van der Waals surface area contributed by atoms with E-state index in [9.17, 15) is 4.79 Å². The van der Waals surface area contributed by atoms with Crippen LogP contribution in [0, 0.1) is 0 Å². The van der Waals surface area contributed by atoms with E-state index in [1.807, 2.05) is 13.8 Å². The van der Waals surface area contributed by atoms with E-state index in [-0.39, 0.29) is 5.56 Å². The monoisotopic (exact) mass is 197 g/mol. The third-order valence-corrected chi connectivity index (χ3v) is 2.06. The molecule has 0 spiro atoms. The summed E-state index contributed by atoms with van der Waals surface area (Å²) in [7, 11) is 1.51. The van der Waals surface area contributed by atoms with Gasteiger partial charge in [0.25, 0.3) is 5.56 Å². The third kappa shape index (κ3) is 1.93. The molecule has 0 amide bonds. The topological polar surface area (TPSA) is 70.1 Å². The van der Waals surface area contributed by atoms with Gasteiger partial charge < -0.3 is 10.5 Å². The van der Waals surface area contributed by atoms with Gasteiger partial charge in [0.15, 0.2) is 0 Å². The maximum Gasteiger partial charge on any atom is 0.267 e. The van der Waals surface area contributed by atoms with Gasteiger partial charge in [-0.1, -0.05) is 0 Å². The van der Waals surface area contributed by atoms with E-state index >= 15 is 0 Å². The zero-order valence-corrected chi connectivity index (χ0v) is 8.65. The highest BCUT2D eigenvalue weighted by Crippen LogP contribution is 2.10. The van der Waals surface area contributed by atoms with E-state index < -0.39 is 5.54 Å². The van der Waals surface area contributed by atoms with Crippen molar-refractivity contribution in [2.75, 3.05) is 13.7 Å². The lowest BCUT2D eigenvalue weighted by Gasteiger charge is -2.23. The van der Waals surface area contributed by atoms with Crippen LogP contribution in [0.2, 0.25) is 0 Å². The Bertz CT molecular complexity index is 371. The lowest BCUT2D eigenvalue weighted by molar-refractivity contribution is 0.290. The highest BCUT2D eigenvalue weighted by molar-refractivity contribution is 5.07. The van der Waals surface area contributed by atoms with Crippen molar-refractivity contribution in [3.05, 3.63) is 22.5 Å². The minimum absolute atomic E-state index is 0.179. The summed E-state index contributed by atoms with van der Waals surface area (Å²) in [5.41, 5.74) is 4.88. The molecule has 0 radical (unpaired) electrons. The molecule has 1 heterocycles. The van der Waals surface area contributed by atoms with Crippen LogP contribution in [0.3, 0.4) is 0 Å². The number of ether oxygens (including phenoxy) is 1. The molecule has 5 nitrogen and oxygen atoms in total. The largest absolute Gasteiger partial charge is 0.480 e. The van der Waals surface area contributed by atoms with Crippen molar-refractivity contribution < 1.29 is 4.74 Å². The summed E-state index contributed by atoms with van der Waals surface area (Å²) in [4.78, 5) is 11.5. The predicted octanol–water partition coefficient (Wildman–Crippen LogP) is -0.0543. The molecule has 0 unspecified atom stereocenters. The summed E-state index contributed by atoms with van der Waals surface area (Å²) < 4.78 is 6.28. The van der Waals surface area contributed by atoms with E-state index in [4.69, 9.17) is 10.5 Å². The van der Waals surface area contributed by atoms with Crippen LogP contribution < -0.4 is 16.0 Å². The maximum absolute atomic E-state index is 11.5. The van der Waals surface area contributed by atoms with Crippen molar-refractivity contribution in [2.45, 2.75) is 19.4 Å². The summed E-state index contributed by atoms with van der Waals surface area (Å²) in [5, 5.41) is 4.04. The number of nitrogens with zero attached hydrogens (tertiary/aromatic N) is 2. The predicted molar refractivity (Wildman–Crippen MR) is 53.4 cm³/mol. The van der Waals surface area contributed by atoms with Crippen LogP contribution in [-0.2, 0) is 5.54 Å². The molecule has 0 aliphatic heterocycles. The SMILES string of the molecule is COc1ccc(=O)n(C(C)(C)CN)n1. The van der Waals surface area contributed by atoms with Crippen LogP contribution in [0.4, 0.5) is 0 Å². The smallest absolute Gasteiger partial charge is 0.267 e. The minimum Gasteiger partial charge on any atom is -0.480 e. The minimum atomic E-state index is -0.494. The number of aromatic nitrogens is 2. The number of hydrogen-bond donors (Lipinski definition) is 1. The Morgan fingerprint density at radius 3 is 2.71 bits per heavy atom. The van der Waals surface area contributed by atoms with E-state index in [0.29, 0.717) is 12.4 Å². The molecule has 0 aliphatic rings. The summed E-state index contributed by atoms with van der Waals surface area (Å²) in [6.07, 6.45) is 0. The molecule has 0 aromatic carbocycles. The number of hydrogen-bond acceptors (Lipinski definition) is 4. The highest BCUT2D eigenvalue weighted by Gasteiger charge is 2.20. The molecule has 1 aromatic heterocycles. The molecule has 14 heavy (non-hydrogen) atoms. The molecule has 0 atom stereocenters. The summed E-state index contributed by atoms with van der Waals surface area (Å²) in [5.74, 6) is 0.408. The van der Waals surface area contributed by atoms with Gasteiger partial charge in [0.2, 0.25) is 5.88 Å². The first kappa shape index (κ1) is 10.7. The second-order valence-corrected chi connectivity index (χ2v) is 3.64. The number of nitrogens with two attached hydrogens (primary N) is 1. The molecule has 78 valence electrons. The average molecular weight is 197 g/mol. The van der Waals surface area contributed by atoms with Crippen LogP contribution in [0.1, 0.15) is 13.8 Å². The number of methoxy groups -OCH3 is 1. The van der Waals surface area contributed by atoms with Gasteiger partial charge in [-0.05, 0) is 13.8 Å². The molecule has 1 aromatic rings. The highest BCUT2D eigenvalue weighted by atomic mass is 16.5. The standard InChI is InChI=1S/C9H15N3O2/c1-9(2,6-10)12-8(13)5-4-7(11-12)14-3/h4-5H,6,10H2,1-3H3. The molecule has 0 saturated heterocycles.